The SMILES string of the molecule is CC(C)(C)c1ccc2c(c1)-c1cc(C(C)(C)C)ccc1[CH]2[Hf+2]([C]1=CC=CC1)=[C]1CCCC1.[Cl-].[Cl-]. The van der Waals surface area contributed by atoms with E-state index in [-0.39, 0.29) is 35.6 Å². The molecule has 1 saturated carbocycles. The average molecular weight is 660 g/mol. The summed E-state index contributed by atoms with van der Waals surface area (Å²) >= 11 is -2.23. The zero-order valence-corrected chi connectivity index (χ0v) is 26.7. The summed E-state index contributed by atoms with van der Waals surface area (Å²) in [6.45, 7) is 14.1. The smallest absolute Gasteiger partial charge is 1.00 e. The number of rotatable bonds is 2. The van der Waals surface area contributed by atoms with Gasteiger partial charge < -0.3 is 24.8 Å². The van der Waals surface area contributed by atoms with E-state index in [9.17, 15) is 0 Å². The van der Waals surface area contributed by atoms with Gasteiger partial charge in [0.2, 0.25) is 0 Å². The molecule has 0 spiro atoms. The molecule has 3 heteroatoms. The Morgan fingerprint density at radius 2 is 1.24 bits per heavy atom. The minimum Gasteiger partial charge on any atom is -1.00 e. The second kappa shape index (κ2) is 10.3. The van der Waals surface area contributed by atoms with Crippen LogP contribution in [0.25, 0.3) is 11.1 Å². The molecule has 3 aliphatic carbocycles. The van der Waals surface area contributed by atoms with Gasteiger partial charge in [0, 0.05) is 0 Å². The normalized spacial score (nSPS) is 16.9. The first-order chi connectivity index (χ1) is 15.1. The molecule has 1 fully saturated rings. The molecule has 5 rings (SSSR count). The Morgan fingerprint density at radius 3 is 1.65 bits per heavy atom. The van der Waals surface area contributed by atoms with Crippen LogP contribution in [0, 0.1) is 0 Å². The number of halogens is 2. The van der Waals surface area contributed by atoms with Crippen molar-refractivity contribution in [3.8, 4) is 11.1 Å². The Kier molecular flexibility index (Phi) is 8.44. The fraction of sp³-hybridized carbons (Fsp3) is 0.452. The van der Waals surface area contributed by atoms with Crippen LogP contribution in [0.15, 0.2) is 58.0 Å². The summed E-state index contributed by atoms with van der Waals surface area (Å²) in [5.41, 5.74) is 9.65. The molecule has 0 amide bonds. The molecule has 0 unspecified atom stereocenters. The third-order valence-electron chi connectivity index (χ3n) is 7.74. The monoisotopic (exact) mass is 660 g/mol. The number of hydrogen-bond donors (Lipinski definition) is 0. The van der Waals surface area contributed by atoms with Crippen molar-refractivity contribution in [1.82, 2.24) is 0 Å². The van der Waals surface area contributed by atoms with Crippen molar-refractivity contribution < 1.29 is 45.8 Å². The Morgan fingerprint density at radius 1 is 0.735 bits per heavy atom. The molecule has 0 nitrogen and oxygen atoms in total. The van der Waals surface area contributed by atoms with Gasteiger partial charge in [-0.15, -0.1) is 0 Å². The van der Waals surface area contributed by atoms with E-state index in [1.54, 1.807) is 11.1 Å². The molecule has 2 aromatic rings. The molecule has 0 saturated heterocycles. The van der Waals surface area contributed by atoms with Crippen LogP contribution in [-0.4, -0.2) is 3.26 Å². The van der Waals surface area contributed by atoms with Crippen molar-refractivity contribution in [3.63, 3.8) is 0 Å². The first-order valence-corrected chi connectivity index (χ1v) is 18.2. The van der Waals surface area contributed by atoms with Gasteiger partial charge in [-0.3, -0.25) is 0 Å². The zero-order valence-electron chi connectivity index (χ0n) is 21.6. The van der Waals surface area contributed by atoms with Gasteiger partial charge in [0.25, 0.3) is 0 Å². The molecule has 0 aromatic heterocycles. The molecule has 3 aliphatic rings. The predicted molar refractivity (Wildman–Crippen MR) is 136 cm³/mol. The van der Waals surface area contributed by atoms with E-state index in [0.717, 1.165) is 0 Å². The largest absolute Gasteiger partial charge is 1.00 e. The summed E-state index contributed by atoms with van der Waals surface area (Å²) in [5, 5.41) is 0. The zero-order chi connectivity index (χ0) is 22.7. The van der Waals surface area contributed by atoms with Crippen molar-refractivity contribution in [1.29, 1.82) is 0 Å². The molecule has 0 atom stereocenters. The van der Waals surface area contributed by atoms with Crippen LogP contribution in [0.5, 0.6) is 0 Å². The maximum atomic E-state index is 2.55. The Balaban J connectivity index is 0.00000162. The molecule has 0 radical (unpaired) electrons. The molecular formula is C31H38Cl2Hf. The number of benzene rings is 2. The molecule has 0 bridgehead atoms. The van der Waals surface area contributed by atoms with Gasteiger partial charge in [-0.2, -0.15) is 0 Å². The third-order valence-corrected chi connectivity index (χ3v) is 20.4. The molecular weight excluding hydrogens is 622 g/mol. The van der Waals surface area contributed by atoms with Crippen LogP contribution in [0.1, 0.15) is 99.6 Å². The second-order valence-corrected chi connectivity index (χ2v) is 22.0. The molecule has 34 heavy (non-hydrogen) atoms. The average Bonchev–Trinajstić information content (AvgIpc) is 3.48. The van der Waals surface area contributed by atoms with Crippen molar-refractivity contribution in [3.05, 3.63) is 80.2 Å². The Hall–Kier alpha value is -0.760. The number of hydrogen-bond acceptors (Lipinski definition) is 0. The Bertz CT molecular complexity index is 1100. The predicted octanol–water partition coefficient (Wildman–Crippen LogP) is 2.57. The molecule has 0 aliphatic heterocycles. The van der Waals surface area contributed by atoms with E-state index < -0.39 is 21.0 Å². The van der Waals surface area contributed by atoms with Crippen LogP contribution in [0.2, 0.25) is 0 Å². The summed E-state index contributed by atoms with van der Waals surface area (Å²) in [6, 6.07) is 15.0. The maximum absolute atomic E-state index is 2.55. The molecule has 0 N–H and O–H groups in total. The van der Waals surface area contributed by atoms with Gasteiger partial charge >= 0.3 is 204 Å². The van der Waals surface area contributed by atoms with Gasteiger partial charge in [0.05, 0.1) is 0 Å². The molecule has 180 valence electrons. The van der Waals surface area contributed by atoms with Crippen molar-refractivity contribution in [2.45, 2.75) is 88.2 Å². The van der Waals surface area contributed by atoms with E-state index in [1.165, 1.54) is 54.4 Å². The second-order valence-electron chi connectivity index (χ2n) is 12.1. The summed E-state index contributed by atoms with van der Waals surface area (Å²) in [5.74, 6) is 0. The third kappa shape index (κ3) is 5.05. The number of fused-ring (bicyclic) bond motifs is 3. The summed E-state index contributed by atoms with van der Waals surface area (Å²) < 4.78 is 4.52. The van der Waals surface area contributed by atoms with Crippen molar-refractivity contribution in [2.75, 3.05) is 0 Å². The summed E-state index contributed by atoms with van der Waals surface area (Å²) in [6.07, 6.45) is 14.1. The maximum Gasteiger partial charge on any atom is -1.00 e. The van der Waals surface area contributed by atoms with Gasteiger partial charge in [-0.1, -0.05) is 0 Å². The van der Waals surface area contributed by atoms with Crippen LogP contribution in [-0.2, 0) is 31.8 Å². The fourth-order valence-corrected chi connectivity index (χ4v) is 19.7. The van der Waals surface area contributed by atoms with E-state index in [2.05, 4.69) is 96.2 Å². The fourth-order valence-electron chi connectivity index (χ4n) is 5.83. The van der Waals surface area contributed by atoms with E-state index >= 15 is 0 Å². The van der Waals surface area contributed by atoms with Gasteiger partial charge in [-0.05, 0) is 0 Å². The first-order valence-electron chi connectivity index (χ1n) is 12.5. The topological polar surface area (TPSA) is 0 Å². The molecule has 2 aromatic carbocycles. The van der Waals surface area contributed by atoms with Crippen molar-refractivity contribution in [2.24, 2.45) is 0 Å². The van der Waals surface area contributed by atoms with Crippen molar-refractivity contribution >= 4 is 3.26 Å². The van der Waals surface area contributed by atoms with E-state index in [0.29, 0.717) is 3.67 Å². The van der Waals surface area contributed by atoms with E-state index in [4.69, 9.17) is 0 Å². The molecule has 0 heterocycles. The standard InChI is InChI=1S/C21H25.C5H8.C5H5.2ClH.Hf/c1-20(2,3)16-9-7-14-11-15-8-10-17(21(4,5)6)13-19(15)18(14)12-16;2*1-2-4-5-3-1;;;/h7-13H,1-6H3;1-4H2;1-3H,4H2;2*1H;/q;;;;;+2/p-2. The van der Waals surface area contributed by atoms with Gasteiger partial charge in [0.15, 0.2) is 0 Å². The first kappa shape index (κ1) is 27.8. The summed E-state index contributed by atoms with van der Waals surface area (Å²) in [4.78, 5) is 0. The number of allylic oxidation sites excluding steroid dienone is 4. The van der Waals surface area contributed by atoms with Crippen LogP contribution in [0.4, 0.5) is 0 Å². The van der Waals surface area contributed by atoms with E-state index in [1.807, 2.05) is 6.58 Å². The van der Waals surface area contributed by atoms with Crippen LogP contribution in [0.3, 0.4) is 0 Å². The summed E-state index contributed by atoms with van der Waals surface area (Å²) in [7, 11) is 0. The van der Waals surface area contributed by atoms with Gasteiger partial charge in [0.1, 0.15) is 0 Å². The Labute approximate surface area is 227 Å². The quantitative estimate of drug-likeness (QED) is 0.436. The van der Waals surface area contributed by atoms with Crippen LogP contribution >= 0.6 is 0 Å². The van der Waals surface area contributed by atoms with Crippen LogP contribution < -0.4 is 24.8 Å². The minimum absolute atomic E-state index is 0. The van der Waals surface area contributed by atoms with Gasteiger partial charge in [-0.25, -0.2) is 0 Å². The minimum atomic E-state index is -2.23.